The molecule has 1 aromatic carbocycles. The van der Waals surface area contributed by atoms with Crippen LogP contribution in [0.2, 0.25) is 0 Å². The highest BCUT2D eigenvalue weighted by Crippen LogP contribution is 2.23. The second-order valence-corrected chi connectivity index (χ2v) is 5.81. The van der Waals surface area contributed by atoms with Crippen LogP contribution >= 0.6 is 15.9 Å². The number of nitrogens with zero attached hydrogens (tertiary/aromatic N) is 1. The molecule has 0 atom stereocenters. The highest BCUT2D eigenvalue weighted by atomic mass is 79.9. The van der Waals surface area contributed by atoms with Crippen molar-refractivity contribution in [2.24, 2.45) is 0 Å². The molecule has 116 valence electrons. The number of amides is 2. The maximum Gasteiger partial charge on any atom is 0.335 e. The van der Waals surface area contributed by atoms with Crippen molar-refractivity contribution in [3.8, 4) is 0 Å². The molecule has 0 unspecified atom stereocenters. The normalized spacial score (nSPS) is 10.8. The molecule has 6 nitrogen and oxygen atoms in total. The number of carboxylic acid groups (broad SMARTS) is 1. The minimum absolute atomic E-state index is 0.119. The predicted octanol–water partition coefficient (Wildman–Crippen LogP) is 2.61. The molecule has 0 bridgehead atoms. The van der Waals surface area contributed by atoms with E-state index in [1.165, 1.54) is 12.1 Å². The van der Waals surface area contributed by atoms with Crippen molar-refractivity contribution in [3.63, 3.8) is 0 Å². The van der Waals surface area contributed by atoms with Crippen LogP contribution in [-0.2, 0) is 0 Å². The van der Waals surface area contributed by atoms with E-state index in [1.807, 2.05) is 7.05 Å². The molecule has 3 N–H and O–H groups in total. The molecule has 1 aromatic rings. The number of nitrogens with one attached hydrogen (secondary N) is 2. The van der Waals surface area contributed by atoms with E-state index in [0.717, 1.165) is 6.54 Å². The van der Waals surface area contributed by atoms with Crippen LogP contribution in [-0.4, -0.2) is 48.2 Å². The highest BCUT2D eigenvalue weighted by Gasteiger charge is 2.10. The number of hydrogen-bond acceptors (Lipinski definition) is 3. The largest absolute Gasteiger partial charge is 0.478 e. The van der Waals surface area contributed by atoms with E-state index in [-0.39, 0.29) is 11.6 Å². The van der Waals surface area contributed by atoms with E-state index in [4.69, 9.17) is 5.11 Å². The van der Waals surface area contributed by atoms with E-state index in [1.54, 1.807) is 6.07 Å². The van der Waals surface area contributed by atoms with Crippen molar-refractivity contribution in [1.29, 1.82) is 0 Å². The first-order valence-electron chi connectivity index (χ1n) is 6.59. The third kappa shape index (κ3) is 5.73. The molecule has 0 spiro atoms. The Morgan fingerprint density at radius 3 is 2.62 bits per heavy atom. The zero-order chi connectivity index (χ0) is 16.0. The molecule has 0 aliphatic heterocycles. The van der Waals surface area contributed by atoms with Gasteiger partial charge in [0.1, 0.15) is 0 Å². The van der Waals surface area contributed by atoms with E-state index in [2.05, 4.69) is 45.3 Å². The molecule has 1 rings (SSSR count). The van der Waals surface area contributed by atoms with Crippen LogP contribution in [0.5, 0.6) is 0 Å². The van der Waals surface area contributed by atoms with Crippen molar-refractivity contribution >= 4 is 33.6 Å². The maximum absolute atomic E-state index is 11.8. The van der Waals surface area contributed by atoms with Gasteiger partial charge in [-0.1, -0.05) is 0 Å². The zero-order valence-corrected chi connectivity index (χ0v) is 13.9. The summed E-state index contributed by atoms with van der Waals surface area (Å²) in [5, 5.41) is 14.3. The first kappa shape index (κ1) is 17.5. The zero-order valence-electron chi connectivity index (χ0n) is 12.3. The molecule has 0 aliphatic carbocycles. The lowest BCUT2D eigenvalue weighted by Crippen LogP contribution is -2.37. The number of aromatic carboxylic acids is 1. The molecule has 0 heterocycles. The van der Waals surface area contributed by atoms with Crippen LogP contribution in [0.15, 0.2) is 22.7 Å². The van der Waals surface area contributed by atoms with Crippen LogP contribution in [0.1, 0.15) is 24.2 Å². The van der Waals surface area contributed by atoms with Crippen LogP contribution in [0.4, 0.5) is 10.5 Å². The summed E-state index contributed by atoms with van der Waals surface area (Å²) in [5.74, 6) is -1.04. The molecule has 2 amide bonds. The molecular formula is C14H20BrN3O3. The summed E-state index contributed by atoms with van der Waals surface area (Å²) in [5.41, 5.74) is 0.539. The molecule has 0 saturated carbocycles. The second-order valence-electron chi connectivity index (χ2n) is 4.96. The van der Waals surface area contributed by atoms with E-state index < -0.39 is 5.97 Å². The van der Waals surface area contributed by atoms with E-state index in [9.17, 15) is 9.59 Å². The van der Waals surface area contributed by atoms with Gasteiger partial charge in [0.25, 0.3) is 0 Å². The Balaban J connectivity index is 2.55. The molecule has 0 saturated heterocycles. The quantitative estimate of drug-likeness (QED) is 0.730. The molecule has 21 heavy (non-hydrogen) atoms. The fraction of sp³-hybridized carbons (Fsp3) is 0.429. The number of benzene rings is 1. The number of halogens is 1. The Morgan fingerprint density at radius 2 is 2.05 bits per heavy atom. The second kappa shape index (κ2) is 7.99. The number of rotatable bonds is 6. The minimum atomic E-state index is -1.04. The third-order valence-electron chi connectivity index (χ3n) is 3.09. The van der Waals surface area contributed by atoms with Crippen molar-refractivity contribution in [2.45, 2.75) is 19.9 Å². The number of urea groups is 1. The number of likely N-dealkylation sites (N-methyl/N-ethyl adjacent to an activating group) is 1. The van der Waals surface area contributed by atoms with Gasteiger partial charge in [-0.15, -0.1) is 0 Å². The smallest absolute Gasteiger partial charge is 0.335 e. The summed E-state index contributed by atoms with van der Waals surface area (Å²) < 4.78 is 0.627. The van der Waals surface area contributed by atoms with Gasteiger partial charge in [0, 0.05) is 23.6 Å². The maximum atomic E-state index is 11.8. The van der Waals surface area contributed by atoms with Gasteiger partial charge in [-0.2, -0.15) is 0 Å². The summed E-state index contributed by atoms with van der Waals surface area (Å²) >= 11 is 3.27. The molecular weight excluding hydrogens is 338 g/mol. The average Bonchev–Trinajstić information content (AvgIpc) is 2.40. The first-order valence-corrected chi connectivity index (χ1v) is 7.38. The molecule has 0 fully saturated rings. The highest BCUT2D eigenvalue weighted by molar-refractivity contribution is 9.10. The minimum Gasteiger partial charge on any atom is -0.478 e. The Labute approximate surface area is 132 Å². The number of carboxylic acids is 1. The molecule has 0 aromatic heterocycles. The number of hydrogen-bond donors (Lipinski definition) is 3. The summed E-state index contributed by atoms with van der Waals surface area (Å²) in [7, 11) is 1.98. The van der Waals surface area contributed by atoms with Crippen LogP contribution in [0, 0.1) is 0 Å². The van der Waals surface area contributed by atoms with E-state index in [0.29, 0.717) is 22.7 Å². The number of carbonyl (C=O) groups excluding carboxylic acids is 1. The van der Waals surface area contributed by atoms with Gasteiger partial charge < -0.3 is 20.6 Å². The van der Waals surface area contributed by atoms with Crippen molar-refractivity contribution in [1.82, 2.24) is 10.2 Å². The van der Waals surface area contributed by atoms with Crippen LogP contribution in [0.3, 0.4) is 0 Å². The number of carbonyl (C=O) groups is 2. The lowest BCUT2D eigenvalue weighted by Gasteiger charge is -2.21. The SMILES string of the molecule is CC(C)N(C)CCNC(=O)Nc1cc(C(=O)O)ccc1Br. The van der Waals surface area contributed by atoms with Gasteiger partial charge in [0.05, 0.1) is 11.3 Å². The Hall–Kier alpha value is -1.60. The first-order chi connectivity index (χ1) is 9.81. The topological polar surface area (TPSA) is 81.7 Å². The van der Waals surface area contributed by atoms with E-state index >= 15 is 0 Å². The van der Waals surface area contributed by atoms with Crippen LogP contribution in [0.25, 0.3) is 0 Å². The fourth-order valence-corrected chi connectivity index (χ4v) is 1.87. The van der Waals surface area contributed by atoms with Gasteiger partial charge in [-0.3, -0.25) is 0 Å². The lowest BCUT2D eigenvalue weighted by molar-refractivity contribution is 0.0697. The standard InChI is InChI=1S/C14H20BrN3O3/c1-9(2)18(3)7-6-16-14(21)17-12-8-10(13(19)20)4-5-11(12)15/h4-5,8-9H,6-7H2,1-3H3,(H,19,20)(H2,16,17,21). The number of anilines is 1. The molecule has 0 aliphatic rings. The Bertz CT molecular complexity index is 520. The van der Waals surface area contributed by atoms with Gasteiger partial charge in [0.15, 0.2) is 0 Å². The van der Waals surface area contributed by atoms with Gasteiger partial charge in [0.2, 0.25) is 0 Å². The third-order valence-corrected chi connectivity index (χ3v) is 3.78. The molecule has 7 heteroatoms. The summed E-state index contributed by atoms with van der Waals surface area (Å²) in [6.07, 6.45) is 0. The summed E-state index contributed by atoms with van der Waals surface area (Å²) in [6.45, 7) is 5.40. The molecule has 0 radical (unpaired) electrons. The Morgan fingerprint density at radius 1 is 1.38 bits per heavy atom. The van der Waals surface area contributed by atoms with Crippen molar-refractivity contribution in [3.05, 3.63) is 28.2 Å². The fourth-order valence-electron chi connectivity index (χ4n) is 1.52. The summed E-state index contributed by atoms with van der Waals surface area (Å²) in [6, 6.07) is 4.51. The van der Waals surface area contributed by atoms with Crippen molar-refractivity contribution < 1.29 is 14.7 Å². The summed E-state index contributed by atoms with van der Waals surface area (Å²) in [4.78, 5) is 24.8. The Kier molecular flexibility index (Phi) is 6.64. The lowest BCUT2D eigenvalue weighted by atomic mass is 10.2. The monoisotopic (exact) mass is 357 g/mol. The van der Waals surface area contributed by atoms with Gasteiger partial charge in [-0.05, 0) is 55.0 Å². The van der Waals surface area contributed by atoms with Gasteiger partial charge in [-0.25, -0.2) is 9.59 Å². The van der Waals surface area contributed by atoms with Crippen molar-refractivity contribution in [2.75, 3.05) is 25.5 Å². The average molecular weight is 358 g/mol. The van der Waals surface area contributed by atoms with Gasteiger partial charge >= 0.3 is 12.0 Å². The van der Waals surface area contributed by atoms with Crippen LogP contribution < -0.4 is 10.6 Å². The predicted molar refractivity (Wildman–Crippen MR) is 85.9 cm³/mol.